The number of hydrogen-bond acceptors (Lipinski definition) is 6. The average Bonchev–Trinajstić information content (AvgIpc) is 2.59. The summed E-state index contributed by atoms with van der Waals surface area (Å²) in [6, 6.07) is 6.00. The zero-order chi connectivity index (χ0) is 18.5. The second kappa shape index (κ2) is 8.75. The fourth-order valence-electron chi connectivity index (χ4n) is 2.57. The summed E-state index contributed by atoms with van der Waals surface area (Å²) in [4.78, 5) is 11.1. The molecule has 1 saturated heterocycles. The number of aliphatic hydroxyl groups is 2. The summed E-state index contributed by atoms with van der Waals surface area (Å²) in [5, 5.41) is 19.0. The number of rotatable bonds is 8. The standard InChI is InChI=1S/C18H21F2N3O2S/c19-15-4-1-3-12(17(15)20)11-26-18-21-13(5-6-14(25)10-24)9-16(22-18)23-7-2-8-23/h1,3-4,9,14,24-25H,2,5-8,10-11H2. The van der Waals surface area contributed by atoms with Gasteiger partial charge in [-0.1, -0.05) is 23.9 Å². The molecule has 0 amide bonds. The van der Waals surface area contributed by atoms with E-state index < -0.39 is 17.7 Å². The molecule has 1 atom stereocenters. The van der Waals surface area contributed by atoms with Crippen molar-refractivity contribution in [1.82, 2.24) is 9.97 Å². The van der Waals surface area contributed by atoms with Gasteiger partial charge in [-0.25, -0.2) is 18.7 Å². The summed E-state index contributed by atoms with van der Waals surface area (Å²) >= 11 is 1.25. The molecule has 0 saturated carbocycles. The van der Waals surface area contributed by atoms with Gasteiger partial charge in [0.05, 0.1) is 12.7 Å². The third kappa shape index (κ3) is 4.69. The van der Waals surface area contributed by atoms with E-state index in [0.29, 0.717) is 18.0 Å². The van der Waals surface area contributed by atoms with Crippen LogP contribution in [0.4, 0.5) is 14.6 Å². The topological polar surface area (TPSA) is 69.5 Å². The summed E-state index contributed by atoms with van der Waals surface area (Å²) in [7, 11) is 0. The molecule has 0 bridgehead atoms. The molecule has 2 aromatic rings. The maximum absolute atomic E-state index is 13.8. The first-order chi connectivity index (χ1) is 12.6. The minimum Gasteiger partial charge on any atom is -0.394 e. The first kappa shape index (κ1) is 19.0. The van der Waals surface area contributed by atoms with E-state index in [1.807, 2.05) is 6.07 Å². The van der Waals surface area contributed by atoms with Crippen LogP contribution in [0.5, 0.6) is 0 Å². The smallest absolute Gasteiger partial charge is 0.190 e. The van der Waals surface area contributed by atoms with Gasteiger partial charge in [0.15, 0.2) is 16.8 Å². The Hall–Kier alpha value is -1.77. The van der Waals surface area contributed by atoms with E-state index in [1.54, 1.807) is 6.07 Å². The van der Waals surface area contributed by atoms with Crippen LogP contribution in [0.15, 0.2) is 29.4 Å². The largest absolute Gasteiger partial charge is 0.394 e. The monoisotopic (exact) mass is 381 g/mol. The highest BCUT2D eigenvalue weighted by Crippen LogP contribution is 2.26. The van der Waals surface area contributed by atoms with Crippen molar-refractivity contribution >= 4 is 17.6 Å². The SMILES string of the molecule is OCC(O)CCc1cc(N2CCC2)nc(SCc2cccc(F)c2F)n1. The lowest BCUT2D eigenvalue weighted by molar-refractivity contribution is 0.0883. The van der Waals surface area contributed by atoms with Gasteiger partial charge in [-0.15, -0.1) is 0 Å². The lowest BCUT2D eigenvalue weighted by atomic mass is 10.1. The van der Waals surface area contributed by atoms with Crippen LogP contribution in [0.3, 0.4) is 0 Å². The summed E-state index contributed by atoms with van der Waals surface area (Å²) in [5.74, 6) is -0.671. The summed E-state index contributed by atoms with van der Waals surface area (Å²) < 4.78 is 27.2. The number of aryl methyl sites for hydroxylation is 1. The van der Waals surface area contributed by atoms with Crippen molar-refractivity contribution in [3.63, 3.8) is 0 Å². The van der Waals surface area contributed by atoms with E-state index in [2.05, 4.69) is 14.9 Å². The molecule has 1 aliphatic rings. The van der Waals surface area contributed by atoms with Crippen molar-refractivity contribution in [3.8, 4) is 0 Å². The summed E-state index contributed by atoms with van der Waals surface area (Å²) in [6.07, 6.45) is 1.23. The molecule has 140 valence electrons. The highest BCUT2D eigenvalue weighted by Gasteiger charge is 2.18. The fraction of sp³-hybridized carbons (Fsp3) is 0.444. The van der Waals surface area contributed by atoms with E-state index in [9.17, 15) is 13.9 Å². The number of aliphatic hydroxyl groups excluding tert-OH is 2. The maximum Gasteiger partial charge on any atom is 0.190 e. The second-order valence-electron chi connectivity index (χ2n) is 6.22. The number of hydrogen-bond donors (Lipinski definition) is 2. The molecule has 3 rings (SSSR count). The van der Waals surface area contributed by atoms with Gasteiger partial charge in [0.2, 0.25) is 0 Å². The number of thioether (sulfide) groups is 1. The van der Waals surface area contributed by atoms with Crippen LogP contribution < -0.4 is 4.90 Å². The highest BCUT2D eigenvalue weighted by molar-refractivity contribution is 7.98. The van der Waals surface area contributed by atoms with Gasteiger partial charge < -0.3 is 15.1 Å². The van der Waals surface area contributed by atoms with Crippen LogP contribution in [-0.2, 0) is 12.2 Å². The highest BCUT2D eigenvalue weighted by atomic mass is 32.2. The Morgan fingerprint density at radius 3 is 2.73 bits per heavy atom. The number of halogens is 2. The van der Waals surface area contributed by atoms with Crippen LogP contribution in [0, 0.1) is 11.6 Å². The first-order valence-corrected chi connectivity index (χ1v) is 9.53. The predicted octanol–water partition coefficient (Wildman–Crippen LogP) is 2.54. The van der Waals surface area contributed by atoms with Gasteiger partial charge in [0.25, 0.3) is 0 Å². The normalized spacial score (nSPS) is 15.0. The number of benzene rings is 1. The molecule has 1 aromatic heterocycles. The average molecular weight is 381 g/mol. The molecule has 5 nitrogen and oxygen atoms in total. The Kier molecular flexibility index (Phi) is 6.39. The van der Waals surface area contributed by atoms with Gasteiger partial charge in [0.1, 0.15) is 5.82 Å². The molecule has 1 fully saturated rings. The number of aromatic nitrogens is 2. The summed E-state index contributed by atoms with van der Waals surface area (Å²) in [5.41, 5.74) is 1.03. The third-order valence-corrected chi connectivity index (χ3v) is 5.15. The zero-order valence-electron chi connectivity index (χ0n) is 14.2. The molecule has 8 heteroatoms. The molecule has 2 N–H and O–H groups in total. The van der Waals surface area contributed by atoms with Crippen molar-refractivity contribution in [3.05, 3.63) is 47.2 Å². The third-order valence-electron chi connectivity index (χ3n) is 4.26. The van der Waals surface area contributed by atoms with Gasteiger partial charge in [-0.2, -0.15) is 0 Å². The Morgan fingerprint density at radius 1 is 1.23 bits per heavy atom. The van der Waals surface area contributed by atoms with Gasteiger partial charge >= 0.3 is 0 Å². The minimum absolute atomic E-state index is 0.228. The van der Waals surface area contributed by atoms with Crippen LogP contribution in [0.1, 0.15) is 24.1 Å². The molecule has 26 heavy (non-hydrogen) atoms. The Morgan fingerprint density at radius 2 is 2.04 bits per heavy atom. The molecule has 1 aromatic carbocycles. The Balaban J connectivity index is 1.75. The molecule has 0 aliphatic carbocycles. The first-order valence-electron chi connectivity index (χ1n) is 8.54. The van der Waals surface area contributed by atoms with Gasteiger partial charge in [-0.05, 0) is 25.3 Å². The van der Waals surface area contributed by atoms with E-state index in [4.69, 9.17) is 5.11 Å². The summed E-state index contributed by atoms with van der Waals surface area (Å²) in [6.45, 7) is 1.57. The molecule has 1 aliphatic heterocycles. The molecule has 0 spiro atoms. The zero-order valence-corrected chi connectivity index (χ0v) is 15.1. The fourth-order valence-corrected chi connectivity index (χ4v) is 3.41. The lowest BCUT2D eigenvalue weighted by Gasteiger charge is -2.32. The van der Waals surface area contributed by atoms with Crippen LogP contribution >= 0.6 is 11.8 Å². The van der Waals surface area contributed by atoms with Crippen LogP contribution in [0.25, 0.3) is 0 Å². The lowest BCUT2D eigenvalue weighted by Crippen LogP contribution is -2.37. The maximum atomic E-state index is 13.8. The van der Waals surface area contributed by atoms with E-state index in [0.717, 1.165) is 37.1 Å². The molecule has 2 heterocycles. The van der Waals surface area contributed by atoms with Crippen molar-refractivity contribution < 1.29 is 19.0 Å². The van der Waals surface area contributed by atoms with E-state index >= 15 is 0 Å². The van der Waals surface area contributed by atoms with Crippen molar-refractivity contribution in [2.24, 2.45) is 0 Å². The molecule has 1 unspecified atom stereocenters. The van der Waals surface area contributed by atoms with Crippen LogP contribution in [-0.4, -0.2) is 46.0 Å². The molecular formula is C18H21F2N3O2S. The van der Waals surface area contributed by atoms with Crippen molar-refractivity contribution in [2.45, 2.75) is 36.3 Å². The Bertz CT molecular complexity index is 759. The van der Waals surface area contributed by atoms with Gasteiger partial charge in [0, 0.05) is 36.2 Å². The van der Waals surface area contributed by atoms with Gasteiger partial charge in [-0.3, -0.25) is 0 Å². The predicted molar refractivity (Wildman–Crippen MR) is 96.2 cm³/mol. The Labute approximate surface area is 155 Å². The number of nitrogens with zero attached hydrogens (tertiary/aromatic N) is 3. The van der Waals surface area contributed by atoms with Crippen LogP contribution in [0.2, 0.25) is 0 Å². The van der Waals surface area contributed by atoms with Crippen molar-refractivity contribution in [2.75, 3.05) is 24.6 Å². The number of anilines is 1. The second-order valence-corrected chi connectivity index (χ2v) is 7.16. The van der Waals surface area contributed by atoms with E-state index in [-0.39, 0.29) is 17.9 Å². The minimum atomic E-state index is -0.864. The molecule has 0 radical (unpaired) electrons. The quantitative estimate of drug-likeness (QED) is 0.541. The van der Waals surface area contributed by atoms with E-state index in [1.165, 1.54) is 17.8 Å². The molecular weight excluding hydrogens is 360 g/mol. The van der Waals surface area contributed by atoms with Crippen molar-refractivity contribution in [1.29, 1.82) is 0 Å².